The Labute approximate surface area is 171 Å². The van der Waals surface area contributed by atoms with Crippen molar-refractivity contribution in [2.24, 2.45) is 5.73 Å². The molecule has 0 aliphatic carbocycles. The van der Waals surface area contributed by atoms with Gasteiger partial charge in [-0.05, 0) is 36.1 Å². The largest absolute Gasteiger partial charge is 0.497 e. The van der Waals surface area contributed by atoms with Gasteiger partial charge in [-0.25, -0.2) is 0 Å². The lowest BCUT2D eigenvalue weighted by atomic mass is 9.73. The molecule has 0 spiro atoms. The molecule has 1 heterocycles. The van der Waals surface area contributed by atoms with Gasteiger partial charge in [0.15, 0.2) is 0 Å². The standard InChI is InChI=1S/C23H28N2O4/c1-28-20-9-7-19(8-10-20)23(12-15-29-16-13-23)22(27)25(14-11-21(24)26)17-18-5-3-2-4-6-18/h2-10H,11-17H2,1H3,(H2,24,26). The normalized spacial score (nSPS) is 15.5. The third-order valence-electron chi connectivity index (χ3n) is 5.53. The zero-order valence-corrected chi connectivity index (χ0v) is 16.8. The molecule has 2 aromatic rings. The number of benzene rings is 2. The van der Waals surface area contributed by atoms with Crippen molar-refractivity contribution >= 4 is 11.8 Å². The number of nitrogens with two attached hydrogens (primary N) is 1. The summed E-state index contributed by atoms with van der Waals surface area (Å²) in [6.45, 7) is 1.77. The molecule has 1 fully saturated rings. The molecule has 2 aromatic carbocycles. The number of carbonyl (C=O) groups is 2. The van der Waals surface area contributed by atoms with E-state index in [1.54, 1.807) is 12.0 Å². The lowest BCUT2D eigenvalue weighted by Gasteiger charge is -2.40. The van der Waals surface area contributed by atoms with E-state index in [0.717, 1.165) is 16.9 Å². The molecule has 1 saturated heterocycles. The quantitative estimate of drug-likeness (QED) is 0.744. The molecule has 6 nitrogen and oxygen atoms in total. The first-order chi connectivity index (χ1) is 14.0. The molecule has 0 bridgehead atoms. The van der Waals surface area contributed by atoms with Crippen LogP contribution in [0.1, 0.15) is 30.4 Å². The predicted octanol–water partition coefficient (Wildman–Crippen LogP) is 2.65. The third kappa shape index (κ3) is 4.95. The molecule has 0 atom stereocenters. The number of primary amides is 1. The van der Waals surface area contributed by atoms with Crippen LogP contribution in [0.3, 0.4) is 0 Å². The molecule has 2 N–H and O–H groups in total. The van der Waals surface area contributed by atoms with E-state index < -0.39 is 11.3 Å². The Morgan fingerprint density at radius 2 is 1.72 bits per heavy atom. The number of carbonyl (C=O) groups excluding carboxylic acids is 2. The summed E-state index contributed by atoms with van der Waals surface area (Å²) in [7, 11) is 1.62. The highest BCUT2D eigenvalue weighted by Gasteiger charge is 2.44. The molecule has 1 aliphatic rings. The first-order valence-electron chi connectivity index (χ1n) is 9.89. The van der Waals surface area contributed by atoms with Crippen LogP contribution in [0.15, 0.2) is 54.6 Å². The van der Waals surface area contributed by atoms with Crippen molar-refractivity contribution in [3.8, 4) is 5.75 Å². The zero-order valence-electron chi connectivity index (χ0n) is 16.8. The summed E-state index contributed by atoms with van der Waals surface area (Å²) in [5.74, 6) is 0.343. The van der Waals surface area contributed by atoms with Gasteiger partial charge < -0.3 is 20.1 Å². The summed E-state index contributed by atoms with van der Waals surface area (Å²) in [6, 6.07) is 17.5. The minimum absolute atomic E-state index is 0.0102. The van der Waals surface area contributed by atoms with Crippen LogP contribution >= 0.6 is 0 Å². The maximum Gasteiger partial charge on any atom is 0.233 e. The van der Waals surface area contributed by atoms with Crippen molar-refractivity contribution in [2.75, 3.05) is 26.9 Å². The monoisotopic (exact) mass is 396 g/mol. The number of methoxy groups -OCH3 is 1. The average Bonchev–Trinajstić information content (AvgIpc) is 2.77. The van der Waals surface area contributed by atoms with Gasteiger partial charge in [0.2, 0.25) is 11.8 Å². The number of amides is 2. The maximum atomic E-state index is 13.9. The van der Waals surface area contributed by atoms with E-state index in [9.17, 15) is 9.59 Å². The fraction of sp³-hybridized carbons (Fsp3) is 0.391. The van der Waals surface area contributed by atoms with Crippen LogP contribution in [0, 0.1) is 0 Å². The molecule has 2 amide bonds. The second-order valence-corrected chi connectivity index (χ2v) is 7.35. The highest BCUT2D eigenvalue weighted by Crippen LogP contribution is 2.38. The van der Waals surface area contributed by atoms with Gasteiger partial charge in [-0.1, -0.05) is 42.5 Å². The Morgan fingerprint density at radius 1 is 1.07 bits per heavy atom. The van der Waals surface area contributed by atoms with Gasteiger partial charge >= 0.3 is 0 Å². The second kappa shape index (κ2) is 9.56. The van der Waals surface area contributed by atoms with Gasteiger partial charge in [0.25, 0.3) is 0 Å². The Morgan fingerprint density at radius 3 is 2.31 bits per heavy atom. The Bertz CT molecular complexity index is 815. The third-order valence-corrected chi connectivity index (χ3v) is 5.53. The van der Waals surface area contributed by atoms with Gasteiger partial charge in [0.1, 0.15) is 5.75 Å². The van der Waals surface area contributed by atoms with Crippen LogP contribution in [0.5, 0.6) is 5.75 Å². The Kier molecular flexibility index (Phi) is 6.88. The molecule has 6 heteroatoms. The van der Waals surface area contributed by atoms with Crippen molar-refractivity contribution in [3.63, 3.8) is 0 Å². The van der Waals surface area contributed by atoms with Crippen LogP contribution < -0.4 is 10.5 Å². The van der Waals surface area contributed by atoms with Gasteiger partial charge in [-0.15, -0.1) is 0 Å². The molecule has 154 valence electrons. The molecule has 29 heavy (non-hydrogen) atoms. The first-order valence-corrected chi connectivity index (χ1v) is 9.89. The lowest BCUT2D eigenvalue weighted by molar-refractivity contribution is -0.142. The molecular weight excluding hydrogens is 368 g/mol. The van der Waals surface area contributed by atoms with Crippen molar-refractivity contribution in [1.29, 1.82) is 0 Å². The minimum Gasteiger partial charge on any atom is -0.497 e. The SMILES string of the molecule is COc1ccc(C2(C(=O)N(CCC(N)=O)Cc3ccccc3)CCOCC2)cc1. The van der Waals surface area contributed by atoms with E-state index in [4.69, 9.17) is 15.2 Å². The van der Waals surface area contributed by atoms with E-state index in [0.29, 0.717) is 39.1 Å². The van der Waals surface area contributed by atoms with Gasteiger partial charge in [0.05, 0.1) is 12.5 Å². The number of hydrogen-bond acceptors (Lipinski definition) is 4. The average molecular weight is 396 g/mol. The Hall–Kier alpha value is -2.86. The molecule has 0 radical (unpaired) electrons. The van der Waals surface area contributed by atoms with Crippen LogP contribution in [-0.4, -0.2) is 43.6 Å². The number of rotatable bonds is 8. The molecule has 1 aliphatic heterocycles. The van der Waals surface area contributed by atoms with Crippen molar-refractivity contribution in [2.45, 2.75) is 31.2 Å². The zero-order chi connectivity index (χ0) is 20.7. The van der Waals surface area contributed by atoms with Crippen molar-refractivity contribution < 1.29 is 19.1 Å². The molecule has 0 saturated carbocycles. The summed E-state index contributed by atoms with van der Waals surface area (Å²) >= 11 is 0. The summed E-state index contributed by atoms with van der Waals surface area (Å²) < 4.78 is 10.8. The number of ether oxygens (including phenoxy) is 2. The lowest BCUT2D eigenvalue weighted by Crippen LogP contribution is -2.50. The van der Waals surface area contributed by atoms with E-state index in [2.05, 4.69) is 0 Å². The number of nitrogens with zero attached hydrogens (tertiary/aromatic N) is 1. The smallest absolute Gasteiger partial charge is 0.233 e. The van der Waals surface area contributed by atoms with Crippen LogP contribution in [0.25, 0.3) is 0 Å². The molecular formula is C23H28N2O4. The number of hydrogen-bond donors (Lipinski definition) is 1. The van der Waals surface area contributed by atoms with Gasteiger partial charge in [0, 0.05) is 32.7 Å². The van der Waals surface area contributed by atoms with Crippen molar-refractivity contribution in [3.05, 3.63) is 65.7 Å². The van der Waals surface area contributed by atoms with Crippen molar-refractivity contribution in [1.82, 2.24) is 4.90 Å². The van der Waals surface area contributed by atoms with Gasteiger partial charge in [-0.3, -0.25) is 9.59 Å². The minimum atomic E-state index is -0.684. The maximum absolute atomic E-state index is 13.9. The summed E-state index contributed by atoms with van der Waals surface area (Å²) in [5, 5.41) is 0. The summed E-state index contributed by atoms with van der Waals surface area (Å²) in [5.41, 5.74) is 6.66. The highest BCUT2D eigenvalue weighted by atomic mass is 16.5. The summed E-state index contributed by atoms with van der Waals surface area (Å²) in [4.78, 5) is 27.1. The van der Waals surface area contributed by atoms with E-state index in [-0.39, 0.29) is 12.3 Å². The summed E-state index contributed by atoms with van der Waals surface area (Å²) in [6.07, 6.45) is 1.33. The topological polar surface area (TPSA) is 81.9 Å². The van der Waals surface area contributed by atoms with Crippen LogP contribution in [0.2, 0.25) is 0 Å². The first kappa shape index (κ1) is 20.9. The van der Waals surface area contributed by atoms with E-state index >= 15 is 0 Å². The molecule has 3 rings (SSSR count). The van der Waals surface area contributed by atoms with Crippen LogP contribution in [0.4, 0.5) is 0 Å². The molecule has 0 aromatic heterocycles. The molecule has 0 unspecified atom stereocenters. The highest BCUT2D eigenvalue weighted by molar-refractivity contribution is 5.89. The van der Waals surface area contributed by atoms with Crippen LogP contribution in [-0.2, 0) is 26.3 Å². The van der Waals surface area contributed by atoms with E-state index in [1.165, 1.54) is 0 Å². The predicted molar refractivity (Wildman–Crippen MR) is 110 cm³/mol. The van der Waals surface area contributed by atoms with Gasteiger partial charge in [-0.2, -0.15) is 0 Å². The van der Waals surface area contributed by atoms with E-state index in [1.807, 2.05) is 54.6 Å². The fourth-order valence-electron chi connectivity index (χ4n) is 3.86. The Balaban J connectivity index is 1.93. The second-order valence-electron chi connectivity index (χ2n) is 7.35. The fourth-order valence-corrected chi connectivity index (χ4v) is 3.86.